The maximum atomic E-state index is 12.3. The first-order valence-electron chi connectivity index (χ1n) is 7.42. The van der Waals surface area contributed by atoms with Gasteiger partial charge in [-0.25, -0.2) is 8.42 Å². The Labute approximate surface area is 147 Å². The van der Waals surface area contributed by atoms with Crippen LogP contribution in [0.5, 0.6) is 5.75 Å². The molecule has 0 radical (unpaired) electrons. The van der Waals surface area contributed by atoms with E-state index >= 15 is 0 Å². The Morgan fingerprint density at radius 2 is 1.96 bits per heavy atom. The number of carbonyl (C=O) groups excluding carboxylic acids is 1. The van der Waals surface area contributed by atoms with Gasteiger partial charge in [-0.05, 0) is 43.3 Å². The van der Waals surface area contributed by atoms with Crippen LogP contribution in [-0.2, 0) is 16.6 Å². The van der Waals surface area contributed by atoms with E-state index in [1.165, 1.54) is 24.4 Å². The number of sulfonamides is 1. The highest BCUT2D eigenvalue weighted by Crippen LogP contribution is 2.27. The lowest BCUT2D eigenvalue weighted by atomic mass is 10.1. The first-order chi connectivity index (χ1) is 11.8. The zero-order valence-corrected chi connectivity index (χ0v) is 15.0. The number of ketones is 1. The fourth-order valence-corrected chi connectivity index (χ4v) is 3.28. The van der Waals surface area contributed by atoms with E-state index in [9.17, 15) is 13.2 Å². The molecule has 0 aromatic heterocycles. The lowest BCUT2D eigenvalue weighted by Gasteiger charge is -2.24. The van der Waals surface area contributed by atoms with Crippen LogP contribution in [0.25, 0.3) is 0 Å². The fraction of sp³-hybridized carbons (Fsp3) is 0.222. The third-order valence-electron chi connectivity index (χ3n) is 3.66. The van der Waals surface area contributed by atoms with Crippen molar-refractivity contribution < 1.29 is 17.9 Å². The molecule has 2 aromatic rings. The van der Waals surface area contributed by atoms with Crippen LogP contribution < -0.4 is 9.04 Å². The summed E-state index contributed by atoms with van der Waals surface area (Å²) in [7, 11) is -2.14. The summed E-state index contributed by atoms with van der Waals surface area (Å²) in [5.74, 6) is 0.358. The van der Waals surface area contributed by atoms with Gasteiger partial charge in [0.25, 0.3) is 0 Å². The van der Waals surface area contributed by atoms with E-state index < -0.39 is 10.0 Å². The van der Waals surface area contributed by atoms with E-state index in [0.29, 0.717) is 28.1 Å². The van der Waals surface area contributed by atoms with Gasteiger partial charge in [-0.3, -0.25) is 9.10 Å². The summed E-state index contributed by atoms with van der Waals surface area (Å²) < 4.78 is 31.0. The Bertz CT molecular complexity index is 946. The zero-order chi connectivity index (χ0) is 18.6. The second kappa shape index (κ2) is 7.36. The molecule has 130 valence electrons. The lowest BCUT2D eigenvalue weighted by molar-refractivity contribution is 0.101. The molecule has 0 saturated carbocycles. The molecule has 0 aliphatic carbocycles. The first-order valence-corrected chi connectivity index (χ1v) is 9.27. The highest BCUT2D eigenvalue weighted by molar-refractivity contribution is 7.92. The van der Waals surface area contributed by atoms with Crippen molar-refractivity contribution in [3.05, 3.63) is 59.2 Å². The van der Waals surface area contributed by atoms with Gasteiger partial charge in [-0.2, -0.15) is 5.26 Å². The molecule has 25 heavy (non-hydrogen) atoms. The van der Waals surface area contributed by atoms with Gasteiger partial charge in [-0.15, -0.1) is 0 Å². The molecule has 0 saturated heterocycles. The minimum atomic E-state index is -3.62. The molecule has 2 rings (SSSR count). The molecule has 0 amide bonds. The summed E-state index contributed by atoms with van der Waals surface area (Å²) in [6.07, 6.45) is 1.09. The average molecular weight is 358 g/mol. The number of hydrogen-bond acceptors (Lipinski definition) is 5. The minimum absolute atomic E-state index is 0.0159. The van der Waals surface area contributed by atoms with Crippen LogP contribution in [-0.4, -0.2) is 27.6 Å². The molecule has 7 heteroatoms. The van der Waals surface area contributed by atoms with Gasteiger partial charge >= 0.3 is 0 Å². The number of ether oxygens (including phenoxy) is 1. The standard InChI is InChI=1S/C18H18N2O4S/c1-13(21)15-7-8-18(24-2)16(10-15)12-20(25(3,22)23)17-6-4-5-14(9-17)11-19/h4-10H,12H2,1-3H3. The van der Waals surface area contributed by atoms with Crippen LogP contribution in [0.15, 0.2) is 42.5 Å². The first kappa shape index (κ1) is 18.5. The summed E-state index contributed by atoms with van der Waals surface area (Å²) in [6, 6.07) is 13.2. The van der Waals surface area contributed by atoms with E-state index in [0.717, 1.165) is 6.26 Å². The Morgan fingerprint density at radius 3 is 2.52 bits per heavy atom. The summed E-state index contributed by atoms with van der Waals surface area (Å²) in [6.45, 7) is 1.42. The molecule has 0 atom stereocenters. The number of rotatable bonds is 6. The molecule has 0 unspecified atom stereocenters. The predicted molar refractivity (Wildman–Crippen MR) is 95.2 cm³/mol. The number of benzene rings is 2. The van der Waals surface area contributed by atoms with E-state index in [2.05, 4.69) is 0 Å². The van der Waals surface area contributed by atoms with Crippen LogP contribution in [0.1, 0.15) is 28.4 Å². The van der Waals surface area contributed by atoms with E-state index in [-0.39, 0.29) is 12.3 Å². The van der Waals surface area contributed by atoms with E-state index in [1.54, 1.807) is 36.4 Å². The van der Waals surface area contributed by atoms with Gasteiger partial charge in [0, 0.05) is 11.1 Å². The molecule has 0 aliphatic rings. The summed E-state index contributed by atoms with van der Waals surface area (Å²) in [5.41, 5.74) is 1.76. The number of Topliss-reactive ketones (excluding diaryl/α,β-unsaturated/α-hetero) is 1. The van der Waals surface area contributed by atoms with Crippen molar-refractivity contribution in [1.82, 2.24) is 0 Å². The molecule has 0 fully saturated rings. The van der Waals surface area contributed by atoms with E-state index in [1.807, 2.05) is 6.07 Å². The molecule has 0 heterocycles. The van der Waals surface area contributed by atoms with Crippen molar-refractivity contribution in [3.63, 3.8) is 0 Å². The smallest absolute Gasteiger partial charge is 0.232 e. The highest BCUT2D eigenvalue weighted by Gasteiger charge is 2.20. The van der Waals surface area contributed by atoms with Crippen LogP contribution >= 0.6 is 0 Å². The minimum Gasteiger partial charge on any atom is -0.496 e. The number of carbonyl (C=O) groups is 1. The Balaban J connectivity index is 2.53. The van der Waals surface area contributed by atoms with Gasteiger partial charge < -0.3 is 4.74 Å². The topological polar surface area (TPSA) is 87.5 Å². The summed E-state index contributed by atoms with van der Waals surface area (Å²) in [5, 5.41) is 9.04. The monoisotopic (exact) mass is 358 g/mol. The quantitative estimate of drug-likeness (QED) is 0.741. The molecule has 6 nitrogen and oxygen atoms in total. The van der Waals surface area contributed by atoms with Crippen molar-refractivity contribution in [1.29, 1.82) is 5.26 Å². The van der Waals surface area contributed by atoms with Crippen molar-refractivity contribution in [2.45, 2.75) is 13.5 Å². The lowest BCUT2D eigenvalue weighted by Crippen LogP contribution is -2.29. The third kappa shape index (κ3) is 4.37. The van der Waals surface area contributed by atoms with Crippen LogP contribution in [0.2, 0.25) is 0 Å². The molecule has 0 spiro atoms. The molecule has 0 N–H and O–H groups in total. The van der Waals surface area contributed by atoms with Gasteiger partial charge in [0.15, 0.2) is 5.78 Å². The number of hydrogen-bond donors (Lipinski definition) is 0. The van der Waals surface area contributed by atoms with Crippen LogP contribution in [0.3, 0.4) is 0 Å². The average Bonchev–Trinajstić information content (AvgIpc) is 2.58. The number of methoxy groups -OCH3 is 1. The molecule has 2 aromatic carbocycles. The Morgan fingerprint density at radius 1 is 1.24 bits per heavy atom. The van der Waals surface area contributed by atoms with Crippen molar-refractivity contribution in [2.75, 3.05) is 17.7 Å². The SMILES string of the molecule is COc1ccc(C(C)=O)cc1CN(c1cccc(C#N)c1)S(C)(=O)=O. The molecular formula is C18H18N2O4S. The van der Waals surface area contributed by atoms with E-state index in [4.69, 9.17) is 10.00 Å². The van der Waals surface area contributed by atoms with Gasteiger partial charge in [0.1, 0.15) is 5.75 Å². The van der Waals surface area contributed by atoms with Crippen LogP contribution in [0, 0.1) is 11.3 Å². The second-order valence-corrected chi connectivity index (χ2v) is 7.42. The predicted octanol–water partition coefficient (Wildman–Crippen LogP) is 2.74. The Hall–Kier alpha value is -2.85. The highest BCUT2D eigenvalue weighted by atomic mass is 32.2. The molecular weight excluding hydrogens is 340 g/mol. The van der Waals surface area contributed by atoms with Crippen LogP contribution in [0.4, 0.5) is 5.69 Å². The molecule has 0 bridgehead atoms. The maximum Gasteiger partial charge on any atom is 0.232 e. The number of nitrogens with zero attached hydrogens (tertiary/aromatic N) is 2. The summed E-state index contributed by atoms with van der Waals surface area (Å²) in [4.78, 5) is 11.6. The maximum absolute atomic E-state index is 12.3. The summed E-state index contributed by atoms with van der Waals surface area (Å²) >= 11 is 0. The third-order valence-corrected chi connectivity index (χ3v) is 4.81. The van der Waals surface area contributed by atoms with Gasteiger partial charge in [0.2, 0.25) is 10.0 Å². The van der Waals surface area contributed by atoms with Crippen molar-refractivity contribution in [3.8, 4) is 11.8 Å². The van der Waals surface area contributed by atoms with Crippen molar-refractivity contribution in [2.24, 2.45) is 0 Å². The second-order valence-electron chi connectivity index (χ2n) is 5.51. The van der Waals surface area contributed by atoms with Gasteiger partial charge in [0.05, 0.1) is 37.2 Å². The zero-order valence-electron chi connectivity index (χ0n) is 14.2. The van der Waals surface area contributed by atoms with Gasteiger partial charge in [-0.1, -0.05) is 6.07 Å². The van der Waals surface area contributed by atoms with Crippen molar-refractivity contribution >= 4 is 21.5 Å². The molecule has 0 aliphatic heterocycles. The number of anilines is 1. The largest absolute Gasteiger partial charge is 0.496 e. The number of nitriles is 1. The Kier molecular flexibility index (Phi) is 5.45. The fourth-order valence-electron chi connectivity index (χ4n) is 2.41. The normalized spacial score (nSPS) is 10.8.